The SMILES string of the molecule is CCCNc1nc2sccn2c1S(=O)(=O)N(C)CCOC. The normalized spacial score (nSPS) is 12.4. The lowest BCUT2D eigenvalue weighted by Gasteiger charge is -2.17. The van der Waals surface area contributed by atoms with E-state index < -0.39 is 10.0 Å². The molecule has 2 aromatic rings. The van der Waals surface area contributed by atoms with Gasteiger partial charge < -0.3 is 10.1 Å². The van der Waals surface area contributed by atoms with Gasteiger partial charge in [0.25, 0.3) is 10.0 Å². The molecule has 0 aliphatic heterocycles. The number of sulfonamides is 1. The number of ether oxygens (including phenoxy) is 1. The van der Waals surface area contributed by atoms with Gasteiger partial charge in [0.1, 0.15) is 0 Å². The van der Waals surface area contributed by atoms with Gasteiger partial charge in [0, 0.05) is 38.8 Å². The summed E-state index contributed by atoms with van der Waals surface area (Å²) < 4.78 is 33.4. The smallest absolute Gasteiger partial charge is 0.262 e. The molecule has 0 aliphatic carbocycles. The van der Waals surface area contributed by atoms with Gasteiger partial charge in [-0.25, -0.2) is 13.4 Å². The average Bonchev–Trinajstić information content (AvgIpc) is 3.01. The summed E-state index contributed by atoms with van der Waals surface area (Å²) >= 11 is 1.41. The van der Waals surface area contributed by atoms with Crippen LogP contribution in [-0.4, -0.2) is 56.0 Å². The van der Waals surface area contributed by atoms with Crippen LogP contribution in [0, 0.1) is 0 Å². The zero-order chi connectivity index (χ0) is 15.5. The van der Waals surface area contributed by atoms with Crippen molar-refractivity contribution < 1.29 is 13.2 Å². The minimum Gasteiger partial charge on any atom is -0.383 e. The average molecular weight is 332 g/mol. The van der Waals surface area contributed by atoms with E-state index in [1.165, 1.54) is 15.6 Å². The fourth-order valence-electron chi connectivity index (χ4n) is 1.86. The molecule has 0 aromatic carbocycles. The standard InChI is InChI=1S/C12H20N4O3S2/c1-4-5-13-10-11(16-7-9-20-12(16)14-10)21(17,18)15(2)6-8-19-3/h7,9,13H,4-6,8H2,1-3H3. The Morgan fingerprint density at radius 3 is 2.95 bits per heavy atom. The number of hydrogen-bond acceptors (Lipinski definition) is 6. The van der Waals surface area contributed by atoms with Crippen molar-refractivity contribution in [2.45, 2.75) is 18.4 Å². The summed E-state index contributed by atoms with van der Waals surface area (Å²) in [7, 11) is -0.536. The fraction of sp³-hybridized carbons (Fsp3) is 0.583. The molecule has 0 bridgehead atoms. The Bertz CT molecular complexity index is 692. The summed E-state index contributed by atoms with van der Waals surface area (Å²) in [6, 6.07) is 0. The van der Waals surface area contributed by atoms with E-state index in [-0.39, 0.29) is 5.03 Å². The number of thiazole rings is 1. The van der Waals surface area contributed by atoms with Gasteiger partial charge in [-0.05, 0) is 6.42 Å². The first kappa shape index (κ1) is 16.2. The summed E-state index contributed by atoms with van der Waals surface area (Å²) in [6.07, 6.45) is 2.62. The minimum absolute atomic E-state index is 0.186. The number of aromatic nitrogens is 2. The van der Waals surface area contributed by atoms with E-state index in [0.29, 0.717) is 30.5 Å². The first-order valence-corrected chi connectivity index (χ1v) is 8.99. The second-order valence-corrected chi connectivity index (χ2v) is 7.40. The Morgan fingerprint density at radius 1 is 1.52 bits per heavy atom. The molecular weight excluding hydrogens is 312 g/mol. The minimum atomic E-state index is -3.63. The van der Waals surface area contributed by atoms with Crippen LogP contribution in [0.4, 0.5) is 5.82 Å². The van der Waals surface area contributed by atoms with E-state index in [4.69, 9.17) is 4.74 Å². The highest BCUT2D eigenvalue weighted by atomic mass is 32.2. The van der Waals surface area contributed by atoms with Gasteiger partial charge in [-0.2, -0.15) is 4.31 Å². The van der Waals surface area contributed by atoms with Gasteiger partial charge in [-0.3, -0.25) is 4.40 Å². The Kier molecular flexibility index (Phi) is 5.20. The molecule has 0 fully saturated rings. The summed E-state index contributed by atoms with van der Waals surface area (Å²) in [6.45, 7) is 3.34. The maximum absolute atomic E-state index is 12.8. The zero-order valence-corrected chi connectivity index (χ0v) is 14.0. The summed E-state index contributed by atoms with van der Waals surface area (Å²) in [5.41, 5.74) is 0. The number of hydrogen-bond donors (Lipinski definition) is 1. The maximum Gasteiger partial charge on any atom is 0.262 e. The highest BCUT2D eigenvalue weighted by Crippen LogP contribution is 2.27. The third-order valence-electron chi connectivity index (χ3n) is 3.03. The van der Waals surface area contributed by atoms with Crippen molar-refractivity contribution in [3.8, 4) is 0 Å². The lowest BCUT2D eigenvalue weighted by molar-refractivity contribution is 0.185. The zero-order valence-electron chi connectivity index (χ0n) is 12.4. The van der Waals surface area contributed by atoms with Crippen molar-refractivity contribution in [3.05, 3.63) is 11.6 Å². The first-order valence-electron chi connectivity index (χ1n) is 6.67. The number of fused-ring (bicyclic) bond motifs is 1. The number of likely N-dealkylation sites (N-methyl/N-ethyl adjacent to an activating group) is 1. The molecule has 0 saturated carbocycles. The van der Waals surface area contributed by atoms with Gasteiger partial charge in [0.15, 0.2) is 15.8 Å². The molecule has 0 saturated heterocycles. The molecule has 7 nitrogen and oxygen atoms in total. The molecule has 2 aromatic heterocycles. The number of methoxy groups -OCH3 is 1. The van der Waals surface area contributed by atoms with Crippen LogP contribution in [0.15, 0.2) is 16.6 Å². The van der Waals surface area contributed by atoms with Crippen LogP contribution in [0.25, 0.3) is 4.96 Å². The topological polar surface area (TPSA) is 75.9 Å². The van der Waals surface area contributed by atoms with Gasteiger partial charge in [0.2, 0.25) is 0 Å². The van der Waals surface area contributed by atoms with E-state index in [9.17, 15) is 8.42 Å². The number of rotatable bonds is 8. The lowest BCUT2D eigenvalue weighted by atomic mass is 10.5. The molecule has 0 unspecified atom stereocenters. The largest absolute Gasteiger partial charge is 0.383 e. The molecule has 0 amide bonds. The predicted octanol–water partition coefficient (Wildman–Crippen LogP) is 1.48. The van der Waals surface area contributed by atoms with E-state index >= 15 is 0 Å². The molecule has 0 radical (unpaired) electrons. The van der Waals surface area contributed by atoms with Gasteiger partial charge in [-0.15, -0.1) is 11.3 Å². The first-order chi connectivity index (χ1) is 10.0. The summed E-state index contributed by atoms with van der Waals surface area (Å²) in [5.74, 6) is 0.410. The van der Waals surface area contributed by atoms with Gasteiger partial charge in [-0.1, -0.05) is 6.92 Å². The van der Waals surface area contributed by atoms with Crippen LogP contribution in [-0.2, 0) is 14.8 Å². The Labute approximate surface area is 128 Å². The van der Waals surface area contributed by atoms with Crippen molar-refractivity contribution >= 4 is 32.1 Å². The summed E-state index contributed by atoms with van der Waals surface area (Å²) in [4.78, 5) is 5.03. The third-order valence-corrected chi connectivity index (χ3v) is 5.66. The number of anilines is 1. The quantitative estimate of drug-likeness (QED) is 0.792. The monoisotopic (exact) mass is 332 g/mol. The number of nitrogens with zero attached hydrogens (tertiary/aromatic N) is 3. The molecule has 2 heterocycles. The Morgan fingerprint density at radius 2 is 2.29 bits per heavy atom. The molecule has 0 aliphatic rings. The molecule has 0 spiro atoms. The summed E-state index contributed by atoms with van der Waals surface area (Å²) in [5, 5.41) is 5.10. The fourth-order valence-corrected chi connectivity index (χ4v) is 4.00. The molecule has 9 heteroatoms. The third kappa shape index (κ3) is 3.20. The molecule has 2 rings (SSSR count). The molecule has 1 N–H and O–H groups in total. The van der Waals surface area contributed by atoms with E-state index in [1.54, 1.807) is 24.8 Å². The molecule has 0 atom stereocenters. The van der Waals surface area contributed by atoms with E-state index in [1.807, 2.05) is 12.3 Å². The lowest BCUT2D eigenvalue weighted by Crippen LogP contribution is -2.31. The van der Waals surface area contributed by atoms with E-state index in [0.717, 1.165) is 6.42 Å². The maximum atomic E-state index is 12.8. The Hall–Kier alpha value is -1.16. The van der Waals surface area contributed by atoms with Crippen molar-refractivity contribution in [2.24, 2.45) is 0 Å². The van der Waals surface area contributed by atoms with E-state index in [2.05, 4.69) is 10.3 Å². The Balaban J connectivity index is 2.44. The van der Waals surface area contributed by atoms with Crippen molar-refractivity contribution in [3.63, 3.8) is 0 Å². The second-order valence-electron chi connectivity index (χ2n) is 4.57. The van der Waals surface area contributed by atoms with Gasteiger partial charge in [0.05, 0.1) is 6.61 Å². The van der Waals surface area contributed by atoms with Crippen LogP contribution in [0.5, 0.6) is 0 Å². The van der Waals surface area contributed by atoms with Crippen LogP contribution in [0.1, 0.15) is 13.3 Å². The van der Waals surface area contributed by atoms with Crippen LogP contribution in [0.2, 0.25) is 0 Å². The number of nitrogens with one attached hydrogen (secondary N) is 1. The van der Waals surface area contributed by atoms with Crippen LogP contribution in [0.3, 0.4) is 0 Å². The number of imidazole rings is 1. The van der Waals surface area contributed by atoms with Gasteiger partial charge >= 0.3 is 0 Å². The van der Waals surface area contributed by atoms with Crippen molar-refractivity contribution in [2.75, 3.05) is 39.2 Å². The van der Waals surface area contributed by atoms with Crippen LogP contribution >= 0.6 is 11.3 Å². The molecular formula is C12H20N4O3S2. The second kappa shape index (κ2) is 6.73. The molecule has 118 valence electrons. The van der Waals surface area contributed by atoms with Crippen molar-refractivity contribution in [1.82, 2.24) is 13.7 Å². The highest BCUT2D eigenvalue weighted by Gasteiger charge is 2.29. The predicted molar refractivity (Wildman–Crippen MR) is 83.5 cm³/mol. The van der Waals surface area contributed by atoms with Crippen LogP contribution < -0.4 is 5.32 Å². The highest BCUT2D eigenvalue weighted by molar-refractivity contribution is 7.89. The molecule has 21 heavy (non-hydrogen) atoms. The van der Waals surface area contributed by atoms with Crippen molar-refractivity contribution in [1.29, 1.82) is 0 Å².